The van der Waals surface area contributed by atoms with E-state index in [9.17, 15) is 9.59 Å². The molecule has 34 heavy (non-hydrogen) atoms. The number of aryl methyl sites for hydroxylation is 1. The van der Waals surface area contributed by atoms with Gasteiger partial charge in [0.05, 0.1) is 18.9 Å². The van der Waals surface area contributed by atoms with Gasteiger partial charge in [-0.15, -0.1) is 0 Å². The number of ether oxygens (including phenoxy) is 2. The summed E-state index contributed by atoms with van der Waals surface area (Å²) < 4.78 is 13.2. The average molecular weight is 459 g/mol. The summed E-state index contributed by atoms with van der Waals surface area (Å²) in [7, 11) is 0. The van der Waals surface area contributed by atoms with E-state index in [4.69, 9.17) is 9.47 Å². The summed E-state index contributed by atoms with van der Waals surface area (Å²) >= 11 is 0. The second-order valence-electron chi connectivity index (χ2n) is 8.41. The van der Waals surface area contributed by atoms with Crippen molar-refractivity contribution in [2.24, 2.45) is 0 Å². The predicted octanol–water partition coefficient (Wildman–Crippen LogP) is 4.37. The van der Waals surface area contributed by atoms with E-state index in [-0.39, 0.29) is 11.7 Å². The first-order chi connectivity index (χ1) is 16.5. The first kappa shape index (κ1) is 23.5. The van der Waals surface area contributed by atoms with Crippen LogP contribution in [0.15, 0.2) is 72.9 Å². The van der Waals surface area contributed by atoms with E-state index in [1.807, 2.05) is 90.5 Å². The van der Waals surface area contributed by atoms with E-state index in [0.29, 0.717) is 49.9 Å². The maximum atomic E-state index is 12.9. The van der Waals surface area contributed by atoms with Crippen molar-refractivity contribution in [3.05, 3.63) is 95.3 Å². The Hall–Kier alpha value is -3.64. The fraction of sp³-hybridized carbons (Fsp3) is 0.286. The van der Waals surface area contributed by atoms with Gasteiger partial charge < -0.3 is 18.9 Å². The molecule has 6 nitrogen and oxygen atoms in total. The highest BCUT2D eigenvalue weighted by atomic mass is 16.5. The van der Waals surface area contributed by atoms with E-state index < -0.39 is 6.10 Å². The van der Waals surface area contributed by atoms with E-state index in [2.05, 4.69) is 0 Å². The highest BCUT2D eigenvalue weighted by Gasteiger charge is 2.23. The molecule has 1 amide bonds. The summed E-state index contributed by atoms with van der Waals surface area (Å²) in [5, 5.41) is 0. The normalized spacial score (nSPS) is 14.8. The van der Waals surface area contributed by atoms with E-state index in [0.717, 1.165) is 11.1 Å². The molecule has 0 saturated carbocycles. The van der Waals surface area contributed by atoms with Crippen molar-refractivity contribution >= 4 is 17.8 Å². The number of carbonyl (C=O) groups excluding carboxylic acids is 2. The van der Waals surface area contributed by atoms with Gasteiger partial charge in [0.25, 0.3) is 5.91 Å². The Morgan fingerprint density at radius 2 is 1.82 bits per heavy atom. The first-order valence-electron chi connectivity index (χ1n) is 11.6. The summed E-state index contributed by atoms with van der Waals surface area (Å²) in [4.78, 5) is 27.3. The third-order valence-electron chi connectivity index (χ3n) is 5.83. The Labute approximate surface area is 200 Å². The molecule has 0 bridgehead atoms. The molecule has 2 heterocycles. The van der Waals surface area contributed by atoms with E-state index in [1.165, 1.54) is 0 Å². The molecule has 0 radical (unpaired) electrons. The van der Waals surface area contributed by atoms with Gasteiger partial charge in [-0.1, -0.05) is 54.1 Å². The van der Waals surface area contributed by atoms with Crippen molar-refractivity contribution < 1.29 is 19.1 Å². The number of carbonyl (C=O) groups is 2. The molecule has 4 rings (SSSR count). The van der Waals surface area contributed by atoms with Crippen LogP contribution < -0.4 is 4.74 Å². The third kappa shape index (κ3) is 5.83. The average Bonchev–Trinajstić information content (AvgIpc) is 3.33. The van der Waals surface area contributed by atoms with Crippen LogP contribution in [0.4, 0.5) is 0 Å². The van der Waals surface area contributed by atoms with Crippen LogP contribution in [0.1, 0.15) is 34.1 Å². The molecule has 0 aliphatic carbocycles. The fourth-order valence-corrected chi connectivity index (χ4v) is 3.92. The molecular formula is C28H30N2O4. The molecule has 6 heteroatoms. The molecule has 1 fully saturated rings. The van der Waals surface area contributed by atoms with Gasteiger partial charge >= 0.3 is 0 Å². The smallest absolute Gasteiger partial charge is 0.263 e. The topological polar surface area (TPSA) is 60.8 Å². The van der Waals surface area contributed by atoms with Crippen molar-refractivity contribution in [3.8, 4) is 5.75 Å². The van der Waals surface area contributed by atoms with Gasteiger partial charge in [0.1, 0.15) is 5.75 Å². The zero-order chi connectivity index (χ0) is 23.9. The minimum atomic E-state index is -0.562. The zero-order valence-corrected chi connectivity index (χ0v) is 19.6. The Morgan fingerprint density at radius 3 is 2.59 bits per heavy atom. The van der Waals surface area contributed by atoms with Crippen molar-refractivity contribution in [2.45, 2.75) is 26.5 Å². The Morgan fingerprint density at radius 1 is 1.06 bits per heavy atom. The summed E-state index contributed by atoms with van der Waals surface area (Å²) in [6.45, 7) is 6.68. The number of allylic oxidation sites excluding steroid dienone is 1. The monoisotopic (exact) mass is 458 g/mol. The summed E-state index contributed by atoms with van der Waals surface area (Å²) in [5.41, 5.74) is 3.42. The third-order valence-corrected chi connectivity index (χ3v) is 5.83. The van der Waals surface area contributed by atoms with Crippen LogP contribution in [0, 0.1) is 6.92 Å². The lowest BCUT2D eigenvalue weighted by Crippen LogP contribution is -2.46. The lowest BCUT2D eigenvalue weighted by Gasteiger charge is -2.29. The molecule has 1 aromatic heterocycles. The number of ketones is 1. The molecule has 1 aliphatic rings. The lowest BCUT2D eigenvalue weighted by molar-refractivity contribution is -0.142. The minimum Gasteiger partial charge on any atom is -0.481 e. The summed E-state index contributed by atoms with van der Waals surface area (Å²) in [6, 6.07) is 19.0. The van der Waals surface area contributed by atoms with Crippen LogP contribution in [0.2, 0.25) is 0 Å². The number of morpholine rings is 1. The van der Waals surface area contributed by atoms with Gasteiger partial charge in [-0.2, -0.15) is 0 Å². The number of aromatic nitrogens is 1. The van der Waals surface area contributed by atoms with Crippen LogP contribution in [-0.2, 0) is 16.1 Å². The molecule has 1 aliphatic heterocycles. The van der Waals surface area contributed by atoms with Gasteiger partial charge in [0.2, 0.25) is 5.78 Å². The highest BCUT2D eigenvalue weighted by molar-refractivity contribution is 6.08. The number of amides is 1. The Balaban J connectivity index is 1.37. The second kappa shape index (κ2) is 11.0. The second-order valence-corrected chi connectivity index (χ2v) is 8.41. The maximum absolute atomic E-state index is 12.9. The number of benzene rings is 2. The number of hydrogen-bond acceptors (Lipinski definition) is 4. The van der Waals surface area contributed by atoms with Crippen LogP contribution in [-0.4, -0.2) is 53.6 Å². The number of rotatable bonds is 8. The van der Waals surface area contributed by atoms with Crippen LogP contribution in [0.5, 0.6) is 5.75 Å². The number of hydrogen-bond donors (Lipinski definition) is 0. The largest absolute Gasteiger partial charge is 0.481 e. The van der Waals surface area contributed by atoms with Crippen molar-refractivity contribution in [2.75, 3.05) is 26.3 Å². The van der Waals surface area contributed by atoms with Gasteiger partial charge in [-0.05, 0) is 43.7 Å². The highest BCUT2D eigenvalue weighted by Crippen LogP contribution is 2.18. The van der Waals surface area contributed by atoms with Crippen LogP contribution in [0.25, 0.3) is 6.08 Å². The number of nitrogens with zero attached hydrogens (tertiary/aromatic N) is 2. The van der Waals surface area contributed by atoms with Crippen molar-refractivity contribution in [3.63, 3.8) is 0 Å². The standard InChI is InChI=1S/C28H30N2O4/c1-21-10-12-24(13-11-21)27(31)26-9-5-15-29(26)14-4-7-23-6-3-8-25(20-23)34-22(2)28(32)30-16-18-33-19-17-30/h3-13,15,20,22H,14,16-19H2,1-2H3/t22-/m0/s1. The van der Waals surface area contributed by atoms with Crippen LogP contribution >= 0.6 is 0 Å². The molecule has 0 spiro atoms. The van der Waals surface area contributed by atoms with Crippen molar-refractivity contribution in [1.82, 2.24) is 9.47 Å². The molecular weight excluding hydrogens is 428 g/mol. The molecule has 176 valence electrons. The molecule has 1 saturated heterocycles. The Bertz CT molecular complexity index is 1160. The van der Waals surface area contributed by atoms with Gasteiger partial charge in [0.15, 0.2) is 6.10 Å². The minimum absolute atomic E-state index is 0.00715. The SMILES string of the molecule is Cc1ccc(C(=O)c2cccn2CC=Cc2cccc(O[C@@H](C)C(=O)N3CCOCC3)c2)cc1. The summed E-state index contributed by atoms with van der Waals surface area (Å²) in [5.74, 6) is 0.628. The predicted molar refractivity (Wildman–Crippen MR) is 132 cm³/mol. The first-order valence-corrected chi connectivity index (χ1v) is 11.6. The van der Waals surface area contributed by atoms with Gasteiger partial charge in [0, 0.05) is 31.4 Å². The van der Waals surface area contributed by atoms with E-state index in [1.54, 1.807) is 11.8 Å². The maximum Gasteiger partial charge on any atom is 0.263 e. The fourth-order valence-electron chi connectivity index (χ4n) is 3.92. The Kier molecular flexibility index (Phi) is 7.60. The molecule has 3 aromatic rings. The summed E-state index contributed by atoms with van der Waals surface area (Å²) in [6.07, 6.45) is 5.34. The van der Waals surface area contributed by atoms with E-state index >= 15 is 0 Å². The molecule has 0 N–H and O–H groups in total. The lowest BCUT2D eigenvalue weighted by atomic mass is 10.1. The van der Waals surface area contributed by atoms with Gasteiger partial charge in [-0.3, -0.25) is 9.59 Å². The van der Waals surface area contributed by atoms with Gasteiger partial charge in [-0.25, -0.2) is 0 Å². The zero-order valence-electron chi connectivity index (χ0n) is 19.6. The molecule has 2 aromatic carbocycles. The van der Waals surface area contributed by atoms with Crippen LogP contribution in [0.3, 0.4) is 0 Å². The van der Waals surface area contributed by atoms with Crippen molar-refractivity contribution in [1.29, 1.82) is 0 Å². The molecule has 0 unspecified atom stereocenters. The molecule has 1 atom stereocenters. The quantitative estimate of drug-likeness (QED) is 0.471.